The fourth-order valence-electron chi connectivity index (χ4n) is 3.91. The van der Waals surface area contributed by atoms with Gasteiger partial charge in [-0.05, 0) is 67.4 Å². The second kappa shape index (κ2) is 13.7. The molecule has 10 heteroatoms. The second-order valence-corrected chi connectivity index (χ2v) is 10.9. The van der Waals surface area contributed by atoms with Crippen molar-refractivity contribution in [1.82, 2.24) is 10.2 Å². The topological polar surface area (TPSA) is 96.0 Å². The van der Waals surface area contributed by atoms with Crippen molar-refractivity contribution < 1.29 is 27.1 Å². The zero-order chi connectivity index (χ0) is 28.4. The Morgan fingerprint density at radius 3 is 2.21 bits per heavy atom. The van der Waals surface area contributed by atoms with Gasteiger partial charge in [-0.25, -0.2) is 12.8 Å². The summed E-state index contributed by atoms with van der Waals surface area (Å²) in [5.74, 6) is -0.997. The van der Waals surface area contributed by atoms with Crippen molar-refractivity contribution in [3.63, 3.8) is 0 Å². The summed E-state index contributed by atoms with van der Waals surface area (Å²) >= 11 is 0. The quantitative estimate of drug-likeness (QED) is 0.316. The van der Waals surface area contributed by atoms with Gasteiger partial charge in [0.2, 0.25) is 11.8 Å². The molecular formula is C29H34FN3O5S. The van der Waals surface area contributed by atoms with Gasteiger partial charge in [0, 0.05) is 13.1 Å². The van der Waals surface area contributed by atoms with Crippen LogP contribution in [0, 0.1) is 5.82 Å². The number of rotatable bonds is 13. The molecule has 0 aliphatic heterocycles. The third-order valence-corrected chi connectivity index (χ3v) is 8.02. The molecule has 0 bridgehead atoms. The third kappa shape index (κ3) is 7.79. The van der Waals surface area contributed by atoms with Crippen LogP contribution in [0.15, 0.2) is 83.8 Å². The summed E-state index contributed by atoms with van der Waals surface area (Å²) in [4.78, 5) is 28.0. The molecule has 0 aromatic heterocycles. The van der Waals surface area contributed by atoms with E-state index in [2.05, 4.69) is 5.32 Å². The van der Waals surface area contributed by atoms with Crippen LogP contribution in [0.3, 0.4) is 0 Å². The summed E-state index contributed by atoms with van der Waals surface area (Å²) in [7, 11) is -2.78. The zero-order valence-electron chi connectivity index (χ0n) is 22.3. The first-order valence-corrected chi connectivity index (χ1v) is 14.1. The Bertz CT molecular complexity index is 1330. The van der Waals surface area contributed by atoms with Gasteiger partial charge in [0.05, 0.1) is 17.7 Å². The smallest absolute Gasteiger partial charge is 0.264 e. The number of hydrogen-bond donors (Lipinski definition) is 1. The molecule has 0 unspecified atom stereocenters. The summed E-state index contributed by atoms with van der Waals surface area (Å²) in [5.41, 5.74) is 0.894. The van der Waals surface area contributed by atoms with Gasteiger partial charge in [0.1, 0.15) is 24.2 Å². The maximum atomic E-state index is 13.8. The number of carbonyl (C=O) groups excluding carboxylic acids is 2. The van der Waals surface area contributed by atoms with Crippen LogP contribution in [-0.4, -0.2) is 51.4 Å². The molecule has 208 valence electrons. The van der Waals surface area contributed by atoms with Gasteiger partial charge in [-0.3, -0.25) is 13.9 Å². The molecule has 0 heterocycles. The highest BCUT2D eigenvalue weighted by atomic mass is 32.2. The lowest BCUT2D eigenvalue weighted by Gasteiger charge is -2.32. The van der Waals surface area contributed by atoms with Crippen LogP contribution >= 0.6 is 0 Å². The minimum atomic E-state index is -4.25. The van der Waals surface area contributed by atoms with E-state index in [0.29, 0.717) is 12.3 Å². The number of anilines is 1. The highest BCUT2D eigenvalue weighted by Crippen LogP contribution is 2.26. The van der Waals surface area contributed by atoms with Crippen LogP contribution in [-0.2, 0) is 26.2 Å². The van der Waals surface area contributed by atoms with E-state index >= 15 is 0 Å². The number of methoxy groups -OCH3 is 1. The Morgan fingerprint density at radius 1 is 0.974 bits per heavy atom. The molecule has 1 atom stereocenters. The first-order valence-electron chi connectivity index (χ1n) is 12.7. The average molecular weight is 556 g/mol. The molecule has 0 spiro atoms. The molecule has 2 amide bonds. The lowest BCUT2D eigenvalue weighted by atomic mass is 10.1. The molecule has 0 aliphatic carbocycles. The molecule has 0 saturated heterocycles. The number of sulfonamides is 1. The maximum Gasteiger partial charge on any atom is 0.264 e. The first kappa shape index (κ1) is 29.6. The van der Waals surface area contributed by atoms with Gasteiger partial charge >= 0.3 is 0 Å². The highest BCUT2D eigenvalue weighted by molar-refractivity contribution is 7.92. The number of halogens is 1. The number of nitrogens with zero attached hydrogens (tertiary/aromatic N) is 2. The Morgan fingerprint density at radius 2 is 1.62 bits per heavy atom. The van der Waals surface area contributed by atoms with E-state index < -0.39 is 34.3 Å². The van der Waals surface area contributed by atoms with Crippen LogP contribution in [0.4, 0.5) is 10.1 Å². The number of ether oxygens (including phenoxy) is 1. The van der Waals surface area contributed by atoms with E-state index in [1.165, 1.54) is 48.4 Å². The second-order valence-electron chi connectivity index (χ2n) is 8.99. The van der Waals surface area contributed by atoms with Gasteiger partial charge in [-0.15, -0.1) is 0 Å². The summed E-state index contributed by atoms with van der Waals surface area (Å²) < 4.78 is 47.3. The van der Waals surface area contributed by atoms with E-state index in [9.17, 15) is 22.4 Å². The monoisotopic (exact) mass is 555 g/mol. The van der Waals surface area contributed by atoms with Crippen molar-refractivity contribution in [2.45, 2.75) is 44.2 Å². The van der Waals surface area contributed by atoms with Crippen molar-refractivity contribution in [3.05, 3.63) is 90.2 Å². The zero-order valence-corrected chi connectivity index (χ0v) is 23.2. The van der Waals surface area contributed by atoms with Crippen LogP contribution in [0.1, 0.15) is 32.3 Å². The van der Waals surface area contributed by atoms with Crippen molar-refractivity contribution >= 4 is 27.5 Å². The Hall–Kier alpha value is -3.92. The number of nitrogens with one attached hydrogen (secondary N) is 1. The van der Waals surface area contributed by atoms with Gasteiger partial charge in [-0.2, -0.15) is 0 Å². The van der Waals surface area contributed by atoms with Crippen molar-refractivity contribution in [1.29, 1.82) is 0 Å². The molecule has 8 nitrogen and oxygen atoms in total. The molecule has 39 heavy (non-hydrogen) atoms. The van der Waals surface area contributed by atoms with Crippen LogP contribution in [0.2, 0.25) is 0 Å². The Balaban J connectivity index is 1.98. The fraction of sp³-hybridized carbons (Fsp3) is 0.310. The summed E-state index contributed by atoms with van der Waals surface area (Å²) in [6.45, 7) is 3.60. The number of hydrogen-bond acceptors (Lipinski definition) is 5. The van der Waals surface area contributed by atoms with E-state index in [1.54, 1.807) is 6.92 Å². The molecule has 3 rings (SSSR count). The largest absolute Gasteiger partial charge is 0.497 e. The van der Waals surface area contributed by atoms with Crippen molar-refractivity contribution in [2.75, 3.05) is 24.5 Å². The summed E-state index contributed by atoms with van der Waals surface area (Å²) in [5, 5.41) is 2.84. The standard InChI is InChI=1S/C29H34FN3O5S/c1-4-5-19-31-29(35)22(2)32(20-23-9-7-6-8-10-23)28(34)21-33(25-13-11-24(30)12-14-25)39(36,37)27-17-15-26(38-3)16-18-27/h6-18,22H,4-5,19-21H2,1-3H3,(H,31,35)/t22-/m1/s1. The number of amides is 2. The summed E-state index contributed by atoms with van der Waals surface area (Å²) in [6, 6.07) is 18.9. The SMILES string of the molecule is CCCCNC(=O)[C@@H](C)N(Cc1ccccc1)C(=O)CN(c1ccc(F)cc1)S(=O)(=O)c1ccc(OC)cc1. The summed E-state index contributed by atoms with van der Waals surface area (Å²) in [6.07, 6.45) is 1.70. The van der Waals surface area contributed by atoms with Crippen LogP contribution < -0.4 is 14.4 Å². The van der Waals surface area contributed by atoms with E-state index in [-0.39, 0.29) is 23.0 Å². The normalized spacial score (nSPS) is 11.9. The molecule has 0 fully saturated rings. The van der Waals surface area contributed by atoms with Crippen LogP contribution in [0.25, 0.3) is 0 Å². The maximum absolute atomic E-state index is 13.8. The van der Waals surface area contributed by atoms with Crippen molar-refractivity contribution in [2.24, 2.45) is 0 Å². The molecular weight excluding hydrogens is 521 g/mol. The average Bonchev–Trinajstić information content (AvgIpc) is 2.95. The Kier molecular flexibility index (Phi) is 10.4. The molecule has 0 saturated carbocycles. The van der Waals surface area contributed by atoms with Gasteiger partial charge in [0.15, 0.2) is 0 Å². The van der Waals surface area contributed by atoms with Gasteiger partial charge in [0.25, 0.3) is 10.0 Å². The molecule has 0 aliphatic rings. The number of carbonyl (C=O) groups is 2. The molecule has 3 aromatic rings. The fourth-order valence-corrected chi connectivity index (χ4v) is 5.32. The lowest BCUT2D eigenvalue weighted by Crippen LogP contribution is -2.51. The van der Waals surface area contributed by atoms with Crippen molar-refractivity contribution in [3.8, 4) is 5.75 Å². The van der Waals surface area contributed by atoms with Crippen LogP contribution in [0.5, 0.6) is 5.75 Å². The molecule has 1 N–H and O–H groups in total. The predicted octanol–water partition coefficient (Wildman–Crippen LogP) is 4.36. The Labute approximate surface area is 229 Å². The number of unbranched alkanes of at least 4 members (excludes halogenated alkanes) is 1. The molecule has 3 aromatic carbocycles. The minimum absolute atomic E-state index is 0.0691. The lowest BCUT2D eigenvalue weighted by molar-refractivity contribution is -0.139. The first-order chi connectivity index (χ1) is 18.7. The third-order valence-electron chi connectivity index (χ3n) is 6.23. The predicted molar refractivity (Wildman–Crippen MR) is 148 cm³/mol. The van der Waals surface area contributed by atoms with E-state index in [4.69, 9.17) is 4.74 Å². The van der Waals surface area contributed by atoms with Gasteiger partial charge in [-0.1, -0.05) is 43.7 Å². The van der Waals surface area contributed by atoms with Gasteiger partial charge < -0.3 is 15.0 Å². The minimum Gasteiger partial charge on any atom is -0.497 e. The number of benzene rings is 3. The van der Waals surface area contributed by atoms with E-state index in [0.717, 1.165) is 34.8 Å². The van der Waals surface area contributed by atoms with E-state index in [1.807, 2.05) is 37.3 Å². The highest BCUT2D eigenvalue weighted by Gasteiger charge is 2.32. The molecule has 0 radical (unpaired) electrons.